The molecule has 4 heteroatoms. The van der Waals surface area contributed by atoms with Crippen molar-refractivity contribution in [1.29, 1.82) is 0 Å². The van der Waals surface area contributed by atoms with E-state index in [9.17, 15) is 0 Å². The quantitative estimate of drug-likeness (QED) is 0.163. The molecule has 0 spiro atoms. The van der Waals surface area contributed by atoms with Gasteiger partial charge >= 0.3 is 0 Å². The molecule has 1 aromatic carbocycles. The Morgan fingerprint density at radius 2 is 1.18 bits per heavy atom. The van der Waals surface area contributed by atoms with Crippen LogP contribution in [-0.4, -0.2) is 0 Å². The highest BCUT2D eigenvalue weighted by atomic mass is 127. The Morgan fingerprint density at radius 3 is 1.55 bits per heavy atom. The molecule has 0 radical (unpaired) electrons. The molecule has 1 atom stereocenters. The summed E-state index contributed by atoms with van der Waals surface area (Å²) in [6.45, 7) is 18.8. The molecule has 1 rings (SSSR count). The molecule has 0 amide bonds. The average molecular weight is 750 g/mol. The van der Waals surface area contributed by atoms with Gasteiger partial charge in [-0.2, -0.15) is 0 Å². The molecule has 0 nitrogen and oxygen atoms in total. The van der Waals surface area contributed by atoms with Gasteiger partial charge in [0.15, 0.2) is 0 Å². The maximum absolute atomic E-state index is 2.76. The van der Waals surface area contributed by atoms with Crippen molar-refractivity contribution in [2.45, 2.75) is 65.2 Å². The summed E-state index contributed by atoms with van der Waals surface area (Å²) in [5, 5.41) is 0. The van der Waals surface area contributed by atoms with Crippen molar-refractivity contribution < 1.29 is 0 Å². The molecule has 0 aliphatic carbocycles. The molecule has 22 heavy (non-hydrogen) atoms. The topological polar surface area (TPSA) is 0 Å². The monoisotopic (exact) mass is 750 g/mol. The van der Waals surface area contributed by atoms with Crippen LogP contribution in [0.5, 0.6) is 0 Å². The van der Waals surface area contributed by atoms with Gasteiger partial charge in [0, 0.05) is 10.7 Å². The second-order valence-corrected chi connectivity index (χ2v) is 13.4. The number of hydrogen-bond donors (Lipinski definition) is 0. The van der Waals surface area contributed by atoms with Crippen LogP contribution in [0.2, 0.25) is 0 Å². The maximum Gasteiger partial charge on any atom is 0.0536 e. The molecule has 126 valence electrons. The van der Waals surface area contributed by atoms with Crippen molar-refractivity contribution in [1.82, 2.24) is 0 Å². The predicted octanol–water partition coefficient (Wildman–Crippen LogP) is 8.23. The summed E-state index contributed by atoms with van der Waals surface area (Å²) >= 11 is 10.4. The summed E-state index contributed by atoms with van der Waals surface area (Å²) in [5.41, 5.74) is 4.97. The fourth-order valence-corrected chi connectivity index (χ4v) is 8.15. The first kappa shape index (κ1) is 22.2. The van der Waals surface area contributed by atoms with Gasteiger partial charge in [0.2, 0.25) is 0 Å². The molecule has 0 N–H and O–H groups in total. The molecule has 0 saturated carbocycles. The maximum atomic E-state index is 2.76. The Balaban J connectivity index is 3.80. The van der Waals surface area contributed by atoms with Crippen LogP contribution < -0.4 is 0 Å². The third kappa shape index (κ3) is 4.45. The van der Waals surface area contributed by atoms with Crippen LogP contribution in [-0.2, 0) is 3.42 Å². The summed E-state index contributed by atoms with van der Waals surface area (Å²) in [6, 6.07) is 0. The first-order valence-electron chi connectivity index (χ1n) is 7.46. The number of benzene rings is 1. The zero-order valence-corrected chi connectivity index (χ0v) is 23.3. The highest BCUT2D eigenvalue weighted by molar-refractivity contribution is 14.1. The SMILES string of the molecule is Cc1c(C)c(C(I)(CC(C)(C)C)C(C)(C)C)c(I)c(I)c1I. The fourth-order valence-electron chi connectivity index (χ4n) is 2.82. The summed E-state index contributed by atoms with van der Waals surface area (Å²) in [4.78, 5) is 0. The smallest absolute Gasteiger partial charge is 0.0536 e. The molecule has 0 fully saturated rings. The molecule has 0 bridgehead atoms. The standard InChI is InChI=1S/C18H26I4/c1-10-11(2)13(19)15(21)14(20)12(10)18(22,17(6,7)8)9-16(3,4)5/h9H2,1-8H3. The van der Waals surface area contributed by atoms with Crippen molar-refractivity contribution in [2.24, 2.45) is 10.8 Å². The van der Waals surface area contributed by atoms with E-state index in [1.54, 1.807) is 5.56 Å². The molecule has 0 saturated heterocycles. The van der Waals surface area contributed by atoms with Crippen LogP contribution in [0, 0.1) is 35.4 Å². The van der Waals surface area contributed by atoms with Crippen molar-refractivity contribution in [3.05, 3.63) is 27.4 Å². The Labute approximate surface area is 191 Å². The minimum absolute atomic E-state index is 0.124. The molecular weight excluding hydrogens is 724 g/mol. The molecule has 1 aromatic rings. The van der Waals surface area contributed by atoms with Gasteiger partial charge in [-0.15, -0.1) is 0 Å². The summed E-state index contributed by atoms with van der Waals surface area (Å²) in [5.74, 6) is 0. The van der Waals surface area contributed by atoms with E-state index in [0.29, 0.717) is 5.41 Å². The van der Waals surface area contributed by atoms with Gasteiger partial charge in [-0.05, 0) is 116 Å². The Hall–Kier alpha value is 2.14. The molecule has 0 aromatic heterocycles. The largest absolute Gasteiger partial charge is 0.0730 e. The van der Waals surface area contributed by atoms with E-state index in [-0.39, 0.29) is 8.84 Å². The summed E-state index contributed by atoms with van der Waals surface area (Å²) in [7, 11) is 0. The van der Waals surface area contributed by atoms with Gasteiger partial charge in [-0.1, -0.05) is 64.1 Å². The third-order valence-electron chi connectivity index (χ3n) is 4.23. The first-order valence-corrected chi connectivity index (χ1v) is 11.8. The van der Waals surface area contributed by atoms with Gasteiger partial charge in [-0.25, -0.2) is 0 Å². The number of hydrogen-bond acceptors (Lipinski definition) is 0. The van der Waals surface area contributed by atoms with Gasteiger partial charge in [0.1, 0.15) is 0 Å². The number of rotatable bonds is 2. The van der Waals surface area contributed by atoms with E-state index >= 15 is 0 Å². The lowest BCUT2D eigenvalue weighted by Crippen LogP contribution is -2.39. The zero-order valence-electron chi connectivity index (χ0n) is 14.7. The van der Waals surface area contributed by atoms with Crippen LogP contribution in [0.15, 0.2) is 0 Å². The lowest BCUT2D eigenvalue weighted by atomic mass is 9.68. The normalized spacial score (nSPS) is 15.8. The van der Waals surface area contributed by atoms with Crippen LogP contribution in [0.3, 0.4) is 0 Å². The highest BCUT2D eigenvalue weighted by Gasteiger charge is 2.46. The lowest BCUT2D eigenvalue weighted by molar-refractivity contribution is 0.213. The van der Waals surface area contributed by atoms with Crippen molar-refractivity contribution >= 4 is 90.4 Å². The van der Waals surface area contributed by atoms with Crippen LogP contribution in [0.1, 0.15) is 64.7 Å². The van der Waals surface area contributed by atoms with E-state index < -0.39 is 0 Å². The minimum Gasteiger partial charge on any atom is -0.0730 e. The Morgan fingerprint density at radius 1 is 0.727 bits per heavy atom. The molecule has 0 heterocycles. The Kier molecular flexibility index (Phi) is 7.47. The Bertz CT molecular complexity index is 547. The van der Waals surface area contributed by atoms with E-state index in [2.05, 4.69) is 146 Å². The summed E-state index contributed by atoms with van der Waals surface area (Å²) in [6.07, 6.45) is 1.18. The van der Waals surface area contributed by atoms with E-state index in [1.807, 2.05) is 0 Å². The minimum atomic E-state index is 0.124. The van der Waals surface area contributed by atoms with E-state index in [4.69, 9.17) is 0 Å². The second-order valence-electron chi connectivity index (χ2n) is 8.36. The van der Waals surface area contributed by atoms with Crippen molar-refractivity contribution in [3.63, 3.8) is 0 Å². The molecule has 0 aliphatic heterocycles. The van der Waals surface area contributed by atoms with Crippen LogP contribution >= 0.6 is 90.4 Å². The van der Waals surface area contributed by atoms with Crippen molar-refractivity contribution in [2.75, 3.05) is 0 Å². The second kappa shape index (κ2) is 7.40. The lowest BCUT2D eigenvalue weighted by Gasteiger charge is -2.46. The van der Waals surface area contributed by atoms with Crippen LogP contribution in [0.4, 0.5) is 0 Å². The number of halogens is 4. The predicted molar refractivity (Wildman–Crippen MR) is 133 cm³/mol. The van der Waals surface area contributed by atoms with Gasteiger partial charge in [0.25, 0.3) is 0 Å². The number of alkyl halides is 1. The summed E-state index contributed by atoms with van der Waals surface area (Å²) < 4.78 is 4.39. The van der Waals surface area contributed by atoms with E-state index in [1.165, 1.54) is 28.3 Å². The highest BCUT2D eigenvalue weighted by Crippen LogP contribution is 2.56. The molecule has 0 aliphatic rings. The molecular formula is C18H26I4. The van der Waals surface area contributed by atoms with E-state index in [0.717, 1.165) is 0 Å². The third-order valence-corrected chi connectivity index (χ3v) is 12.3. The zero-order chi connectivity index (χ0) is 17.7. The van der Waals surface area contributed by atoms with Crippen LogP contribution in [0.25, 0.3) is 0 Å². The fraction of sp³-hybridized carbons (Fsp3) is 0.667. The van der Waals surface area contributed by atoms with Gasteiger partial charge in [0.05, 0.1) is 3.42 Å². The van der Waals surface area contributed by atoms with Gasteiger partial charge in [-0.3, -0.25) is 0 Å². The van der Waals surface area contributed by atoms with Gasteiger partial charge < -0.3 is 0 Å². The first-order chi connectivity index (χ1) is 9.63. The average Bonchev–Trinajstić information content (AvgIpc) is 2.30. The van der Waals surface area contributed by atoms with Crippen molar-refractivity contribution in [3.8, 4) is 0 Å². The molecule has 1 unspecified atom stereocenters.